The lowest BCUT2D eigenvalue weighted by Crippen LogP contribution is -2.48. The maximum absolute atomic E-state index is 12.1. The summed E-state index contributed by atoms with van der Waals surface area (Å²) in [6.45, 7) is 5.68. The van der Waals surface area contributed by atoms with Gasteiger partial charge in [-0.05, 0) is 24.5 Å². The van der Waals surface area contributed by atoms with E-state index in [9.17, 15) is 9.59 Å². The van der Waals surface area contributed by atoms with Gasteiger partial charge in [0.1, 0.15) is 6.04 Å². The minimum Gasteiger partial charge on any atom is -0.357 e. The van der Waals surface area contributed by atoms with E-state index in [1.807, 2.05) is 39.0 Å². The number of benzene rings is 1. The van der Waals surface area contributed by atoms with Gasteiger partial charge in [-0.2, -0.15) is 0 Å². The average molecular weight is 248 g/mol. The first-order valence-electron chi connectivity index (χ1n) is 6.05. The smallest absolute Gasteiger partial charge is 0.252 e. The number of aryl methyl sites for hydroxylation is 1. The molecule has 1 aromatic carbocycles. The minimum absolute atomic E-state index is 0.0397. The SMILES string of the molecule is CNC(=O)C(NC(=O)c1ccccc1C)C(C)C. The molecule has 0 aliphatic rings. The van der Waals surface area contributed by atoms with E-state index in [1.54, 1.807) is 13.1 Å². The fraction of sp³-hybridized carbons (Fsp3) is 0.429. The molecule has 1 unspecified atom stereocenters. The maximum Gasteiger partial charge on any atom is 0.252 e. The molecule has 0 bridgehead atoms. The molecule has 0 aromatic heterocycles. The number of hydrogen-bond acceptors (Lipinski definition) is 2. The van der Waals surface area contributed by atoms with Gasteiger partial charge in [-0.3, -0.25) is 9.59 Å². The normalized spacial score (nSPS) is 12.1. The van der Waals surface area contributed by atoms with Crippen LogP contribution >= 0.6 is 0 Å². The van der Waals surface area contributed by atoms with Gasteiger partial charge in [-0.1, -0.05) is 32.0 Å². The van der Waals surface area contributed by atoms with E-state index < -0.39 is 6.04 Å². The Morgan fingerprint density at radius 2 is 1.78 bits per heavy atom. The highest BCUT2D eigenvalue weighted by Crippen LogP contribution is 2.09. The van der Waals surface area contributed by atoms with Crippen molar-refractivity contribution in [2.75, 3.05) is 7.05 Å². The summed E-state index contributed by atoms with van der Waals surface area (Å²) in [7, 11) is 1.57. The predicted octanol–water partition coefficient (Wildman–Crippen LogP) is 1.50. The van der Waals surface area contributed by atoms with Crippen LogP contribution in [0.25, 0.3) is 0 Å². The maximum atomic E-state index is 12.1. The van der Waals surface area contributed by atoms with Crippen LogP contribution in [0.2, 0.25) is 0 Å². The number of hydrogen-bond donors (Lipinski definition) is 2. The van der Waals surface area contributed by atoms with Gasteiger partial charge in [-0.15, -0.1) is 0 Å². The van der Waals surface area contributed by atoms with Crippen molar-refractivity contribution in [3.8, 4) is 0 Å². The van der Waals surface area contributed by atoms with Crippen molar-refractivity contribution in [2.45, 2.75) is 26.8 Å². The zero-order valence-electron chi connectivity index (χ0n) is 11.3. The molecule has 0 aliphatic heterocycles. The zero-order valence-corrected chi connectivity index (χ0v) is 11.3. The van der Waals surface area contributed by atoms with Crippen LogP contribution in [-0.2, 0) is 4.79 Å². The second kappa shape index (κ2) is 6.19. The standard InChI is InChI=1S/C14H20N2O2/c1-9(2)12(14(18)15-4)16-13(17)11-8-6-5-7-10(11)3/h5-9,12H,1-4H3,(H,15,18)(H,16,17). The first kappa shape index (κ1) is 14.2. The van der Waals surface area contributed by atoms with Crippen molar-refractivity contribution < 1.29 is 9.59 Å². The molecule has 0 fully saturated rings. The third-order valence-corrected chi connectivity index (χ3v) is 2.87. The Morgan fingerprint density at radius 1 is 1.17 bits per heavy atom. The number of carbonyl (C=O) groups is 2. The van der Waals surface area contributed by atoms with Gasteiger partial charge in [0.25, 0.3) is 5.91 Å². The van der Waals surface area contributed by atoms with Crippen molar-refractivity contribution >= 4 is 11.8 Å². The molecule has 1 rings (SSSR count). The molecule has 1 aromatic rings. The minimum atomic E-state index is -0.512. The van der Waals surface area contributed by atoms with Crippen LogP contribution in [0.5, 0.6) is 0 Å². The largest absolute Gasteiger partial charge is 0.357 e. The third-order valence-electron chi connectivity index (χ3n) is 2.87. The highest BCUT2D eigenvalue weighted by molar-refractivity contribution is 5.98. The molecule has 4 heteroatoms. The van der Waals surface area contributed by atoms with E-state index in [0.29, 0.717) is 5.56 Å². The summed E-state index contributed by atoms with van der Waals surface area (Å²) in [5.41, 5.74) is 1.50. The molecule has 1 atom stereocenters. The molecule has 0 aliphatic carbocycles. The van der Waals surface area contributed by atoms with Gasteiger partial charge in [0.05, 0.1) is 0 Å². The summed E-state index contributed by atoms with van der Waals surface area (Å²) in [6, 6.07) is 6.81. The quantitative estimate of drug-likeness (QED) is 0.848. The molecule has 0 saturated heterocycles. The lowest BCUT2D eigenvalue weighted by atomic mass is 10.0. The van der Waals surface area contributed by atoms with Crippen molar-refractivity contribution in [3.63, 3.8) is 0 Å². The second-order valence-corrected chi connectivity index (χ2v) is 4.62. The molecule has 2 N–H and O–H groups in total. The Bertz CT molecular complexity index is 441. The Hall–Kier alpha value is -1.84. The average Bonchev–Trinajstić information content (AvgIpc) is 2.35. The molecular formula is C14H20N2O2. The molecule has 98 valence electrons. The van der Waals surface area contributed by atoms with Gasteiger partial charge in [0.15, 0.2) is 0 Å². The van der Waals surface area contributed by atoms with Crippen molar-refractivity contribution in [1.82, 2.24) is 10.6 Å². The van der Waals surface area contributed by atoms with Gasteiger partial charge in [0, 0.05) is 12.6 Å². The highest BCUT2D eigenvalue weighted by atomic mass is 16.2. The summed E-state index contributed by atoms with van der Waals surface area (Å²) in [4.78, 5) is 23.8. The Balaban J connectivity index is 2.86. The molecule has 0 heterocycles. The van der Waals surface area contributed by atoms with E-state index in [-0.39, 0.29) is 17.7 Å². The second-order valence-electron chi connectivity index (χ2n) is 4.62. The van der Waals surface area contributed by atoms with E-state index >= 15 is 0 Å². The van der Waals surface area contributed by atoms with Gasteiger partial charge >= 0.3 is 0 Å². The molecule has 18 heavy (non-hydrogen) atoms. The summed E-state index contributed by atoms with van der Waals surface area (Å²) in [6.07, 6.45) is 0. The van der Waals surface area contributed by atoms with Crippen LogP contribution in [0.4, 0.5) is 0 Å². The molecule has 0 saturated carbocycles. The van der Waals surface area contributed by atoms with Crippen LogP contribution in [0.15, 0.2) is 24.3 Å². The van der Waals surface area contributed by atoms with E-state index in [4.69, 9.17) is 0 Å². The van der Waals surface area contributed by atoms with Crippen molar-refractivity contribution in [1.29, 1.82) is 0 Å². The number of nitrogens with one attached hydrogen (secondary N) is 2. The van der Waals surface area contributed by atoms with Crippen LogP contribution in [0.1, 0.15) is 29.8 Å². The van der Waals surface area contributed by atoms with Crippen LogP contribution in [0.3, 0.4) is 0 Å². The summed E-state index contributed by atoms with van der Waals surface area (Å²) < 4.78 is 0. The molecule has 2 amide bonds. The number of likely N-dealkylation sites (N-methyl/N-ethyl adjacent to an activating group) is 1. The number of amides is 2. The summed E-state index contributed by atoms with van der Waals surface area (Å²) >= 11 is 0. The molecular weight excluding hydrogens is 228 g/mol. The van der Waals surface area contributed by atoms with Gasteiger partial charge in [-0.25, -0.2) is 0 Å². The zero-order chi connectivity index (χ0) is 13.7. The van der Waals surface area contributed by atoms with Crippen LogP contribution < -0.4 is 10.6 Å². The fourth-order valence-corrected chi connectivity index (χ4v) is 1.74. The van der Waals surface area contributed by atoms with Crippen molar-refractivity contribution in [2.24, 2.45) is 5.92 Å². The third kappa shape index (κ3) is 3.32. The van der Waals surface area contributed by atoms with E-state index in [0.717, 1.165) is 5.56 Å². The predicted molar refractivity (Wildman–Crippen MR) is 71.3 cm³/mol. The Kier molecular flexibility index (Phi) is 4.89. The monoisotopic (exact) mass is 248 g/mol. The van der Waals surface area contributed by atoms with E-state index in [2.05, 4.69) is 10.6 Å². The van der Waals surface area contributed by atoms with E-state index in [1.165, 1.54) is 0 Å². The number of rotatable bonds is 4. The summed E-state index contributed by atoms with van der Waals surface area (Å²) in [5.74, 6) is -0.347. The van der Waals surface area contributed by atoms with Crippen LogP contribution in [-0.4, -0.2) is 24.9 Å². The lowest BCUT2D eigenvalue weighted by Gasteiger charge is -2.21. The summed E-state index contributed by atoms with van der Waals surface area (Å²) in [5, 5.41) is 5.34. The molecule has 4 nitrogen and oxygen atoms in total. The van der Waals surface area contributed by atoms with Crippen molar-refractivity contribution in [3.05, 3.63) is 35.4 Å². The lowest BCUT2D eigenvalue weighted by molar-refractivity contribution is -0.123. The van der Waals surface area contributed by atoms with Gasteiger partial charge < -0.3 is 10.6 Å². The Morgan fingerprint density at radius 3 is 2.28 bits per heavy atom. The molecule has 0 spiro atoms. The first-order chi connectivity index (χ1) is 8.47. The fourth-order valence-electron chi connectivity index (χ4n) is 1.74. The number of carbonyl (C=O) groups excluding carboxylic acids is 2. The van der Waals surface area contributed by atoms with Crippen LogP contribution in [0, 0.1) is 12.8 Å². The first-order valence-corrected chi connectivity index (χ1v) is 6.05. The van der Waals surface area contributed by atoms with Gasteiger partial charge in [0.2, 0.25) is 5.91 Å². The molecule has 0 radical (unpaired) electrons. The topological polar surface area (TPSA) is 58.2 Å². The highest BCUT2D eigenvalue weighted by Gasteiger charge is 2.23. The Labute approximate surface area is 108 Å².